The molecule has 9 heteroatoms. The Morgan fingerprint density at radius 1 is 1.15 bits per heavy atom. The first kappa shape index (κ1) is 20.4. The number of rotatable bonds is 6. The maximum Gasteiger partial charge on any atom is 0.248 e. The van der Waals surface area contributed by atoms with Crippen LogP contribution in [0.4, 0.5) is 11.4 Å². The number of carbonyl (C=O) groups is 1. The van der Waals surface area contributed by atoms with E-state index in [1.807, 2.05) is 0 Å². The first-order chi connectivity index (χ1) is 12.1. The Hall–Kier alpha value is -1.96. The molecule has 0 aliphatic carbocycles. The van der Waals surface area contributed by atoms with Gasteiger partial charge in [-0.05, 0) is 49.4 Å². The highest BCUT2D eigenvalue weighted by Gasteiger charge is 2.29. The fourth-order valence-corrected chi connectivity index (χ4v) is 3.88. The molecule has 0 aromatic heterocycles. The van der Waals surface area contributed by atoms with Gasteiger partial charge in [0.2, 0.25) is 15.9 Å². The SMILES string of the molecule is COc1ccc(N([C@@H](C)C(=O)Nc2cc(Cl)ccc2Cl)S(C)(=O)=O)cc1. The zero-order valence-electron chi connectivity index (χ0n) is 14.4. The van der Waals surface area contributed by atoms with E-state index in [-0.39, 0.29) is 0 Å². The number of amides is 1. The summed E-state index contributed by atoms with van der Waals surface area (Å²) >= 11 is 12.0. The van der Waals surface area contributed by atoms with Crippen LogP contribution in [0.5, 0.6) is 5.75 Å². The van der Waals surface area contributed by atoms with Crippen LogP contribution in [0.25, 0.3) is 0 Å². The average molecular weight is 417 g/mol. The summed E-state index contributed by atoms with van der Waals surface area (Å²) in [5.41, 5.74) is 0.646. The van der Waals surface area contributed by atoms with Gasteiger partial charge in [0.25, 0.3) is 0 Å². The van der Waals surface area contributed by atoms with Gasteiger partial charge in [-0.3, -0.25) is 9.10 Å². The minimum absolute atomic E-state index is 0.297. The standard InChI is InChI=1S/C17H18Cl2N2O4S/c1-11(17(22)20-16-10-12(18)4-9-15(16)19)21(26(3,23)24)13-5-7-14(25-2)8-6-13/h4-11H,1-3H3,(H,20,22)/t11-/m0/s1. The molecule has 2 aromatic rings. The van der Waals surface area contributed by atoms with Gasteiger partial charge in [-0.2, -0.15) is 0 Å². The highest BCUT2D eigenvalue weighted by Crippen LogP contribution is 2.27. The zero-order chi connectivity index (χ0) is 19.5. The minimum Gasteiger partial charge on any atom is -0.497 e. The van der Waals surface area contributed by atoms with E-state index in [0.717, 1.165) is 10.6 Å². The predicted octanol–water partition coefficient (Wildman–Crippen LogP) is 3.80. The smallest absolute Gasteiger partial charge is 0.248 e. The van der Waals surface area contributed by atoms with Crippen molar-refractivity contribution in [2.75, 3.05) is 23.0 Å². The van der Waals surface area contributed by atoms with Crippen LogP contribution in [0, 0.1) is 0 Å². The molecule has 0 spiro atoms. The van der Waals surface area contributed by atoms with E-state index in [1.165, 1.54) is 20.1 Å². The van der Waals surface area contributed by atoms with Crippen molar-refractivity contribution in [1.29, 1.82) is 0 Å². The number of benzene rings is 2. The Morgan fingerprint density at radius 3 is 2.31 bits per heavy atom. The number of anilines is 2. The third-order valence-electron chi connectivity index (χ3n) is 3.60. The van der Waals surface area contributed by atoms with Crippen LogP contribution in [0.15, 0.2) is 42.5 Å². The van der Waals surface area contributed by atoms with Gasteiger partial charge in [-0.15, -0.1) is 0 Å². The number of methoxy groups -OCH3 is 1. The summed E-state index contributed by atoms with van der Waals surface area (Å²) in [5, 5.41) is 3.30. The summed E-state index contributed by atoms with van der Waals surface area (Å²) in [4.78, 5) is 12.6. The van der Waals surface area contributed by atoms with Crippen LogP contribution in [-0.2, 0) is 14.8 Å². The van der Waals surface area contributed by atoms with E-state index in [9.17, 15) is 13.2 Å². The second-order valence-electron chi connectivity index (χ2n) is 5.55. The molecule has 6 nitrogen and oxygen atoms in total. The van der Waals surface area contributed by atoms with E-state index in [4.69, 9.17) is 27.9 Å². The first-order valence-corrected chi connectivity index (χ1v) is 10.1. The fourth-order valence-electron chi connectivity index (χ4n) is 2.37. The van der Waals surface area contributed by atoms with Gasteiger partial charge in [0.1, 0.15) is 11.8 Å². The van der Waals surface area contributed by atoms with E-state index in [2.05, 4.69) is 5.32 Å². The second kappa shape index (κ2) is 8.16. The number of hydrogen-bond donors (Lipinski definition) is 1. The highest BCUT2D eigenvalue weighted by molar-refractivity contribution is 7.92. The molecule has 2 rings (SSSR count). The molecule has 0 radical (unpaired) electrons. The number of nitrogens with one attached hydrogen (secondary N) is 1. The molecule has 26 heavy (non-hydrogen) atoms. The predicted molar refractivity (Wildman–Crippen MR) is 105 cm³/mol. The van der Waals surface area contributed by atoms with Crippen molar-refractivity contribution < 1.29 is 17.9 Å². The maximum atomic E-state index is 12.6. The molecule has 0 aliphatic heterocycles. The maximum absolute atomic E-state index is 12.6. The molecule has 1 amide bonds. The summed E-state index contributed by atoms with van der Waals surface area (Å²) < 4.78 is 30.6. The molecular weight excluding hydrogens is 399 g/mol. The number of hydrogen-bond acceptors (Lipinski definition) is 4. The van der Waals surface area contributed by atoms with Crippen molar-refractivity contribution in [1.82, 2.24) is 0 Å². The number of halogens is 2. The van der Waals surface area contributed by atoms with Gasteiger partial charge in [0.05, 0.1) is 29.8 Å². The third kappa shape index (κ3) is 4.81. The highest BCUT2D eigenvalue weighted by atomic mass is 35.5. The monoisotopic (exact) mass is 416 g/mol. The summed E-state index contributed by atoms with van der Waals surface area (Å²) in [6.45, 7) is 1.49. The van der Waals surface area contributed by atoms with E-state index < -0.39 is 22.0 Å². The molecule has 140 valence electrons. The van der Waals surface area contributed by atoms with Gasteiger partial charge >= 0.3 is 0 Å². The molecule has 0 fully saturated rings. The first-order valence-electron chi connectivity index (χ1n) is 7.53. The molecule has 0 saturated heterocycles. The van der Waals surface area contributed by atoms with E-state index in [0.29, 0.717) is 27.2 Å². The molecule has 0 saturated carbocycles. The Kier molecular flexibility index (Phi) is 6.39. The number of carbonyl (C=O) groups excluding carboxylic acids is 1. The van der Waals surface area contributed by atoms with Gasteiger partial charge in [0.15, 0.2) is 0 Å². The Morgan fingerprint density at radius 2 is 1.77 bits per heavy atom. The normalized spacial score (nSPS) is 12.3. The molecule has 1 atom stereocenters. The molecule has 2 aromatic carbocycles. The lowest BCUT2D eigenvalue weighted by atomic mass is 10.2. The Bertz CT molecular complexity index is 901. The van der Waals surface area contributed by atoms with Gasteiger partial charge in [0, 0.05) is 5.02 Å². The van der Waals surface area contributed by atoms with Crippen LogP contribution in [0.1, 0.15) is 6.92 Å². The van der Waals surface area contributed by atoms with Gasteiger partial charge in [-0.25, -0.2) is 8.42 Å². The van der Waals surface area contributed by atoms with E-state index in [1.54, 1.807) is 36.4 Å². The van der Waals surface area contributed by atoms with Crippen molar-refractivity contribution >= 4 is 50.5 Å². The Balaban J connectivity index is 2.32. The molecule has 0 aliphatic rings. The van der Waals surface area contributed by atoms with Gasteiger partial charge < -0.3 is 10.1 Å². The van der Waals surface area contributed by atoms with Crippen LogP contribution in [0.3, 0.4) is 0 Å². The molecule has 0 unspecified atom stereocenters. The number of ether oxygens (including phenoxy) is 1. The van der Waals surface area contributed by atoms with Crippen molar-refractivity contribution in [3.63, 3.8) is 0 Å². The quantitative estimate of drug-likeness (QED) is 0.776. The Labute approximate surface area is 162 Å². The van der Waals surface area contributed by atoms with Crippen LogP contribution >= 0.6 is 23.2 Å². The molecule has 0 bridgehead atoms. The van der Waals surface area contributed by atoms with Gasteiger partial charge in [-0.1, -0.05) is 23.2 Å². The van der Waals surface area contributed by atoms with Crippen LogP contribution in [-0.4, -0.2) is 33.7 Å². The van der Waals surface area contributed by atoms with Crippen LogP contribution in [0.2, 0.25) is 10.0 Å². The van der Waals surface area contributed by atoms with Crippen molar-refractivity contribution in [2.45, 2.75) is 13.0 Å². The summed E-state index contributed by atoms with van der Waals surface area (Å²) in [7, 11) is -2.21. The summed E-state index contributed by atoms with van der Waals surface area (Å²) in [6.07, 6.45) is 1.04. The largest absolute Gasteiger partial charge is 0.497 e. The molecular formula is C17H18Cl2N2O4S. The molecule has 0 heterocycles. The lowest BCUT2D eigenvalue weighted by Crippen LogP contribution is -2.45. The minimum atomic E-state index is -3.72. The second-order valence-corrected chi connectivity index (χ2v) is 8.25. The van der Waals surface area contributed by atoms with Crippen LogP contribution < -0.4 is 14.4 Å². The zero-order valence-corrected chi connectivity index (χ0v) is 16.7. The summed E-state index contributed by atoms with van der Waals surface area (Å²) in [5.74, 6) is 0.0282. The summed E-state index contributed by atoms with van der Waals surface area (Å²) in [6, 6.07) is 9.97. The average Bonchev–Trinajstić information content (AvgIpc) is 2.57. The lowest BCUT2D eigenvalue weighted by molar-refractivity contribution is -0.116. The third-order valence-corrected chi connectivity index (χ3v) is 5.41. The van der Waals surface area contributed by atoms with Crippen molar-refractivity contribution in [2.24, 2.45) is 0 Å². The molecule has 1 N–H and O–H groups in total. The van der Waals surface area contributed by atoms with E-state index >= 15 is 0 Å². The van der Waals surface area contributed by atoms with Crippen molar-refractivity contribution in [3.05, 3.63) is 52.5 Å². The number of sulfonamides is 1. The number of nitrogens with zero attached hydrogens (tertiary/aromatic N) is 1. The van der Waals surface area contributed by atoms with Crippen molar-refractivity contribution in [3.8, 4) is 5.75 Å². The topological polar surface area (TPSA) is 75.7 Å². The fraction of sp³-hybridized carbons (Fsp3) is 0.235. The lowest BCUT2D eigenvalue weighted by Gasteiger charge is -2.28.